The lowest BCUT2D eigenvalue weighted by Crippen LogP contribution is -2.38. The van der Waals surface area contributed by atoms with Crippen LogP contribution in [-0.2, 0) is 11.3 Å². The molecule has 0 atom stereocenters. The molecule has 1 aliphatic rings. The third-order valence-electron chi connectivity index (χ3n) is 3.05. The fourth-order valence-electron chi connectivity index (χ4n) is 2.08. The summed E-state index contributed by atoms with van der Waals surface area (Å²) in [5, 5.41) is 0. The van der Waals surface area contributed by atoms with Crippen molar-refractivity contribution in [2.75, 3.05) is 13.1 Å². The molecule has 2 rings (SSSR count). The monoisotopic (exact) mass is 207 g/mol. The molecule has 1 aromatic rings. The molecule has 0 aromatic carbocycles. The lowest BCUT2D eigenvalue weighted by Gasteiger charge is -2.29. The first-order valence-corrected chi connectivity index (χ1v) is 5.39. The van der Waals surface area contributed by atoms with E-state index in [9.17, 15) is 4.79 Å². The molecule has 0 radical (unpaired) electrons. The normalized spacial score (nSPS) is 19.2. The van der Waals surface area contributed by atoms with Gasteiger partial charge in [-0.2, -0.15) is 0 Å². The van der Waals surface area contributed by atoms with Crippen molar-refractivity contribution in [1.82, 2.24) is 9.88 Å². The number of piperidine rings is 1. The molecule has 0 spiro atoms. The zero-order valence-corrected chi connectivity index (χ0v) is 8.78. The maximum atomic E-state index is 11.0. The van der Waals surface area contributed by atoms with E-state index in [1.54, 1.807) is 0 Å². The van der Waals surface area contributed by atoms with Gasteiger partial charge in [-0.1, -0.05) is 0 Å². The Kier molecular flexibility index (Phi) is 3.06. The van der Waals surface area contributed by atoms with E-state index in [2.05, 4.69) is 16.0 Å². The van der Waals surface area contributed by atoms with Crippen molar-refractivity contribution < 1.29 is 4.79 Å². The highest BCUT2D eigenvalue weighted by atomic mass is 16.1. The number of primary amides is 1. The molecule has 4 heteroatoms. The van der Waals surface area contributed by atoms with Crippen LogP contribution in [0.15, 0.2) is 18.3 Å². The minimum Gasteiger partial charge on any atom is -0.369 e. The molecule has 0 bridgehead atoms. The van der Waals surface area contributed by atoms with Gasteiger partial charge in [0.1, 0.15) is 0 Å². The van der Waals surface area contributed by atoms with Crippen molar-refractivity contribution in [3.63, 3.8) is 0 Å². The minimum absolute atomic E-state index is 0.0879. The van der Waals surface area contributed by atoms with Crippen LogP contribution in [0.5, 0.6) is 0 Å². The Morgan fingerprint density at radius 1 is 1.53 bits per heavy atom. The van der Waals surface area contributed by atoms with E-state index in [0.29, 0.717) is 0 Å². The molecule has 0 aliphatic carbocycles. The number of hydrogen-bond acceptors (Lipinski definition) is 2. The number of carbonyl (C=O) groups excluding carboxylic acids is 1. The minimum atomic E-state index is -0.144. The van der Waals surface area contributed by atoms with Crippen molar-refractivity contribution in [3.05, 3.63) is 24.0 Å². The van der Waals surface area contributed by atoms with Crippen LogP contribution >= 0.6 is 0 Å². The predicted octanol–water partition coefficient (Wildman–Crippen LogP) is 0.712. The number of aromatic nitrogens is 1. The van der Waals surface area contributed by atoms with Gasteiger partial charge in [-0.25, -0.2) is 0 Å². The van der Waals surface area contributed by atoms with Crippen molar-refractivity contribution in [1.29, 1.82) is 0 Å². The number of hydrogen-bond donors (Lipinski definition) is 2. The first-order valence-electron chi connectivity index (χ1n) is 5.39. The summed E-state index contributed by atoms with van der Waals surface area (Å²) in [4.78, 5) is 16.5. The second kappa shape index (κ2) is 4.49. The molecule has 1 aromatic heterocycles. The molecule has 3 N–H and O–H groups in total. The summed E-state index contributed by atoms with van der Waals surface area (Å²) in [5.41, 5.74) is 6.51. The van der Waals surface area contributed by atoms with Crippen molar-refractivity contribution in [3.8, 4) is 0 Å². The van der Waals surface area contributed by atoms with Crippen LogP contribution in [0.3, 0.4) is 0 Å². The van der Waals surface area contributed by atoms with Gasteiger partial charge in [0.25, 0.3) is 0 Å². The molecule has 2 heterocycles. The molecule has 4 nitrogen and oxygen atoms in total. The summed E-state index contributed by atoms with van der Waals surface area (Å²) in [6.45, 7) is 2.87. The highest BCUT2D eigenvalue weighted by Gasteiger charge is 2.22. The number of nitrogens with one attached hydrogen (secondary N) is 1. The van der Waals surface area contributed by atoms with Gasteiger partial charge >= 0.3 is 0 Å². The maximum absolute atomic E-state index is 11.0. The Balaban J connectivity index is 1.81. The van der Waals surface area contributed by atoms with Gasteiger partial charge < -0.3 is 10.7 Å². The first kappa shape index (κ1) is 10.2. The molecule has 0 unspecified atom stereocenters. The zero-order chi connectivity index (χ0) is 10.7. The number of carbonyl (C=O) groups is 1. The summed E-state index contributed by atoms with van der Waals surface area (Å²) in [5.74, 6) is -0.0561. The summed E-state index contributed by atoms with van der Waals surface area (Å²) in [7, 11) is 0. The Morgan fingerprint density at radius 2 is 2.27 bits per heavy atom. The quantitative estimate of drug-likeness (QED) is 0.767. The van der Waals surface area contributed by atoms with Crippen molar-refractivity contribution in [2.45, 2.75) is 19.4 Å². The average Bonchev–Trinajstić information content (AvgIpc) is 2.71. The standard InChI is InChI=1S/C11H17N3O/c12-11(15)9-3-6-14(7-4-9)8-10-2-1-5-13-10/h1-2,5,9,13H,3-4,6-8H2,(H2,12,15). The average molecular weight is 207 g/mol. The number of likely N-dealkylation sites (tertiary alicyclic amines) is 1. The molecule has 15 heavy (non-hydrogen) atoms. The predicted molar refractivity (Wildman–Crippen MR) is 58.0 cm³/mol. The number of amides is 1. The summed E-state index contributed by atoms with van der Waals surface area (Å²) >= 11 is 0. The molecule has 1 saturated heterocycles. The summed E-state index contributed by atoms with van der Waals surface area (Å²) in [6, 6.07) is 4.09. The smallest absolute Gasteiger partial charge is 0.220 e. The van der Waals surface area contributed by atoms with Gasteiger partial charge in [0.05, 0.1) is 0 Å². The van der Waals surface area contributed by atoms with Crippen LogP contribution in [0.25, 0.3) is 0 Å². The second-order valence-corrected chi connectivity index (χ2v) is 4.15. The van der Waals surface area contributed by atoms with Crippen LogP contribution in [0.2, 0.25) is 0 Å². The maximum Gasteiger partial charge on any atom is 0.220 e. The molecule has 1 amide bonds. The van der Waals surface area contributed by atoms with Gasteiger partial charge in [0.2, 0.25) is 5.91 Å². The number of aromatic amines is 1. The van der Waals surface area contributed by atoms with E-state index < -0.39 is 0 Å². The Hall–Kier alpha value is -1.29. The zero-order valence-electron chi connectivity index (χ0n) is 8.78. The van der Waals surface area contributed by atoms with Crippen LogP contribution < -0.4 is 5.73 Å². The molecule has 1 fully saturated rings. The molecular formula is C11H17N3O. The van der Waals surface area contributed by atoms with Gasteiger partial charge in [-0.3, -0.25) is 9.69 Å². The van der Waals surface area contributed by atoms with Crippen LogP contribution in [0, 0.1) is 5.92 Å². The van der Waals surface area contributed by atoms with Crippen molar-refractivity contribution >= 4 is 5.91 Å². The Labute approximate surface area is 89.5 Å². The fourth-order valence-corrected chi connectivity index (χ4v) is 2.08. The topological polar surface area (TPSA) is 62.1 Å². The number of rotatable bonds is 3. The fraction of sp³-hybridized carbons (Fsp3) is 0.545. The van der Waals surface area contributed by atoms with Gasteiger partial charge in [0.15, 0.2) is 0 Å². The van der Waals surface area contributed by atoms with Gasteiger partial charge in [-0.05, 0) is 38.1 Å². The number of nitrogens with zero attached hydrogens (tertiary/aromatic N) is 1. The lowest BCUT2D eigenvalue weighted by molar-refractivity contribution is -0.123. The van der Waals surface area contributed by atoms with Crippen molar-refractivity contribution in [2.24, 2.45) is 11.7 Å². The largest absolute Gasteiger partial charge is 0.369 e. The van der Waals surface area contributed by atoms with Gasteiger partial charge in [-0.15, -0.1) is 0 Å². The van der Waals surface area contributed by atoms with E-state index in [1.165, 1.54) is 5.69 Å². The van der Waals surface area contributed by atoms with E-state index in [1.807, 2.05) is 12.3 Å². The summed E-state index contributed by atoms with van der Waals surface area (Å²) in [6.07, 6.45) is 3.73. The first-order chi connectivity index (χ1) is 7.25. The Bertz CT molecular complexity index is 313. The SMILES string of the molecule is NC(=O)C1CCN(Cc2ccc[nH]2)CC1. The highest BCUT2D eigenvalue weighted by molar-refractivity contribution is 5.76. The lowest BCUT2D eigenvalue weighted by atomic mass is 9.96. The third-order valence-corrected chi connectivity index (χ3v) is 3.05. The van der Waals surface area contributed by atoms with E-state index >= 15 is 0 Å². The number of nitrogens with two attached hydrogens (primary N) is 1. The van der Waals surface area contributed by atoms with E-state index in [4.69, 9.17) is 5.73 Å². The molecule has 1 aliphatic heterocycles. The number of H-pyrrole nitrogens is 1. The van der Waals surface area contributed by atoms with E-state index in [-0.39, 0.29) is 11.8 Å². The second-order valence-electron chi connectivity index (χ2n) is 4.15. The Morgan fingerprint density at radius 3 is 2.80 bits per heavy atom. The molecular weight excluding hydrogens is 190 g/mol. The van der Waals surface area contributed by atoms with Crippen LogP contribution in [0.1, 0.15) is 18.5 Å². The van der Waals surface area contributed by atoms with Crippen LogP contribution in [0.4, 0.5) is 0 Å². The van der Waals surface area contributed by atoms with Gasteiger partial charge in [0, 0.05) is 24.4 Å². The van der Waals surface area contributed by atoms with E-state index in [0.717, 1.165) is 32.5 Å². The molecule has 82 valence electrons. The molecule has 0 saturated carbocycles. The summed E-state index contributed by atoms with van der Waals surface area (Å²) < 4.78 is 0. The van der Waals surface area contributed by atoms with Crippen LogP contribution in [-0.4, -0.2) is 28.9 Å². The third kappa shape index (κ3) is 2.59. The highest BCUT2D eigenvalue weighted by Crippen LogP contribution is 2.17.